The number of ether oxygens (including phenoxy) is 1. The molecule has 0 aromatic carbocycles. The van der Waals surface area contributed by atoms with E-state index in [1.54, 1.807) is 0 Å². The van der Waals surface area contributed by atoms with Gasteiger partial charge in [-0.2, -0.15) is 0 Å². The third-order valence-corrected chi connectivity index (χ3v) is 5.91. The molecular formula is C17H29NO3. The molecule has 3 fully saturated rings. The maximum absolute atomic E-state index is 11.7. The van der Waals surface area contributed by atoms with E-state index in [0.29, 0.717) is 24.0 Å². The number of carbonyl (C=O) groups is 1. The van der Waals surface area contributed by atoms with Crippen LogP contribution in [0.1, 0.15) is 58.3 Å². The summed E-state index contributed by atoms with van der Waals surface area (Å²) < 4.78 is 5.77. The van der Waals surface area contributed by atoms with Gasteiger partial charge in [0.05, 0.1) is 6.10 Å². The van der Waals surface area contributed by atoms with Crippen molar-refractivity contribution in [3.05, 3.63) is 0 Å². The van der Waals surface area contributed by atoms with Crippen molar-refractivity contribution in [3.63, 3.8) is 0 Å². The summed E-state index contributed by atoms with van der Waals surface area (Å²) >= 11 is 0. The molecule has 5 atom stereocenters. The predicted molar refractivity (Wildman–Crippen MR) is 81.2 cm³/mol. The molecule has 21 heavy (non-hydrogen) atoms. The number of nitrogens with zero attached hydrogens (tertiary/aromatic N) is 1. The Labute approximate surface area is 127 Å². The first-order valence-electron chi connectivity index (χ1n) is 8.79. The van der Waals surface area contributed by atoms with E-state index in [9.17, 15) is 9.90 Å². The topological polar surface area (TPSA) is 49.8 Å². The van der Waals surface area contributed by atoms with Crippen LogP contribution in [0.25, 0.3) is 0 Å². The van der Waals surface area contributed by atoms with Gasteiger partial charge >= 0.3 is 5.97 Å². The third-order valence-electron chi connectivity index (χ3n) is 5.91. The van der Waals surface area contributed by atoms with Gasteiger partial charge in [0.1, 0.15) is 6.04 Å². The highest BCUT2D eigenvalue weighted by molar-refractivity contribution is 5.74. The van der Waals surface area contributed by atoms with Gasteiger partial charge in [-0.3, -0.25) is 9.69 Å². The number of fused-ring (bicyclic) bond motifs is 1. The molecule has 2 aliphatic heterocycles. The lowest BCUT2D eigenvalue weighted by Crippen LogP contribution is -2.46. The molecule has 0 aromatic rings. The number of carboxylic acids is 1. The Morgan fingerprint density at radius 3 is 2.81 bits per heavy atom. The monoisotopic (exact) mass is 295 g/mol. The lowest BCUT2D eigenvalue weighted by atomic mass is 9.84. The van der Waals surface area contributed by atoms with Crippen LogP contribution >= 0.6 is 0 Å². The molecule has 4 heteroatoms. The fourth-order valence-corrected chi connectivity index (χ4v) is 4.77. The van der Waals surface area contributed by atoms with Crippen LogP contribution in [0.5, 0.6) is 0 Å². The van der Waals surface area contributed by atoms with Crippen LogP contribution in [0, 0.1) is 11.8 Å². The highest BCUT2D eigenvalue weighted by Gasteiger charge is 2.45. The Morgan fingerprint density at radius 2 is 2.05 bits per heavy atom. The first-order chi connectivity index (χ1) is 10.2. The molecule has 1 saturated carbocycles. The van der Waals surface area contributed by atoms with E-state index < -0.39 is 5.97 Å². The van der Waals surface area contributed by atoms with Crippen molar-refractivity contribution in [3.8, 4) is 0 Å². The molecule has 4 nitrogen and oxygen atoms in total. The second-order valence-electron chi connectivity index (χ2n) is 7.19. The number of hydrogen-bond acceptors (Lipinski definition) is 3. The Bertz CT molecular complexity index is 373. The molecule has 0 bridgehead atoms. The van der Waals surface area contributed by atoms with Gasteiger partial charge in [0.15, 0.2) is 0 Å². The van der Waals surface area contributed by atoms with Crippen molar-refractivity contribution in [1.29, 1.82) is 0 Å². The van der Waals surface area contributed by atoms with Crippen LogP contribution < -0.4 is 0 Å². The predicted octanol–water partition coefficient (Wildman–Crippen LogP) is 2.91. The van der Waals surface area contributed by atoms with Gasteiger partial charge in [-0.15, -0.1) is 0 Å². The van der Waals surface area contributed by atoms with E-state index in [2.05, 4.69) is 11.8 Å². The minimum absolute atomic E-state index is 0.235. The molecule has 1 aliphatic carbocycles. The Morgan fingerprint density at radius 1 is 1.24 bits per heavy atom. The quantitative estimate of drug-likeness (QED) is 0.866. The number of rotatable bonds is 4. The minimum atomic E-state index is -0.608. The first kappa shape index (κ1) is 15.3. The van der Waals surface area contributed by atoms with Crippen molar-refractivity contribution in [1.82, 2.24) is 4.90 Å². The molecule has 0 radical (unpaired) electrons. The van der Waals surface area contributed by atoms with Gasteiger partial charge in [-0.25, -0.2) is 0 Å². The van der Waals surface area contributed by atoms with Crippen LogP contribution in [-0.2, 0) is 9.53 Å². The zero-order valence-corrected chi connectivity index (χ0v) is 13.2. The highest BCUT2D eigenvalue weighted by Crippen LogP contribution is 2.41. The second-order valence-corrected chi connectivity index (χ2v) is 7.19. The van der Waals surface area contributed by atoms with Gasteiger partial charge in [0.2, 0.25) is 0 Å². The molecule has 3 rings (SSSR count). The summed E-state index contributed by atoms with van der Waals surface area (Å²) in [7, 11) is 0. The molecule has 3 aliphatic rings. The van der Waals surface area contributed by atoms with Crippen LogP contribution in [-0.4, -0.2) is 47.3 Å². The van der Waals surface area contributed by atoms with Crippen LogP contribution in [0.2, 0.25) is 0 Å². The maximum atomic E-state index is 11.7. The standard InChI is InChI=1S/C17H29NO3/c1-2-14-9-12(7-8-21-14)11-18-15-6-4-3-5-13(15)10-16(18)17(19)20/h12-16H,2-11H2,1H3,(H,19,20)/t12-,13+,14-,15+,16+/m1/s1. The van der Waals surface area contributed by atoms with Crippen LogP contribution in [0.15, 0.2) is 0 Å². The number of aliphatic carboxylic acids is 1. The summed E-state index contributed by atoms with van der Waals surface area (Å²) in [6, 6.07) is 0.295. The summed E-state index contributed by atoms with van der Waals surface area (Å²) in [4.78, 5) is 14.0. The normalized spacial score (nSPS) is 40.9. The summed E-state index contributed by atoms with van der Waals surface area (Å²) in [5, 5.41) is 9.59. The molecule has 2 saturated heterocycles. The van der Waals surface area contributed by atoms with Gasteiger partial charge in [0.25, 0.3) is 0 Å². The zero-order chi connectivity index (χ0) is 14.8. The van der Waals surface area contributed by atoms with E-state index in [0.717, 1.165) is 38.8 Å². The summed E-state index contributed by atoms with van der Waals surface area (Å²) in [6.45, 7) is 4.00. The number of hydrogen-bond donors (Lipinski definition) is 1. The van der Waals surface area contributed by atoms with Crippen LogP contribution in [0.4, 0.5) is 0 Å². The van der Waals surface area contributed by atoms with Crippen molar-refractivity contribution in [2.75, 3.05) is 13.2 Å². The van der Waals surface area contributed by atoms with Gasteiger partial charge in [0, 0.05) is 19.2 Å². The molecular weight excluding hydrogens is 266 g/mol. The summed E-state index contributed by atoms with van der Waals surface area (Å²) in [6.07, 6.45) is 9.53. The highest BCUT2D eigenvalue weighted by atomic mass is 16.5. The van der Waals surface area contributed by atoms with E-state index >= 15 is 0 Å². The summed E-state index contributed by atoms with van der Waals surface area (Å²) in [5.74, 6) is 0.636. The summed E-state index contributed by atoms with van der Waals surface area (Å²) in [5.41, 5.74) is 0. The Hall–Kier alpha value is -0.610. The lowest BCUT2D eigenvalue weighted by molar-refractivity contribution is -0.143. The van der Waals surface area contributed by atoms with E-state index in [1.807, 2.05) is 0 Å². The fraction of sp³-hybridized carbons (Fsp3) is 0.941. The lowest BCUT2D eigenvalue weighted by Gasteiger charge is -2.37. The molecule has 0 unspecified atom stereocenters. The molecule has 0 aromatic heterocycles. The molecule has 2 heterocycles. The Kier molecular flexibility index (Phi) is 4.85. The molecule has 1 N–H and O–H groups in total. The van der Waals surface area contributed by atoms with Crippen molar-refractivity contribution >= 4 is 5.97 Å². The second kappa shape index (κ2) is 6.66. The van der Waals surface area contributed by atoms with Crippen molar-refractivity contribution in [2.24, 2.45) is 11.8 Å². The number of likely N-dealkylation sites (tertiary alicyclic amines) is 1. The smallest absolute Gasteiger partial charge is 0.320 e. The minimum Gasteiger partial charge on any atom is -0.480 e. The average Bonchev–Trinajstić information content (AvgIpc) is 2.87. The van der Waals surface area contributed by atoms with Gasteiger partial charge in [-0.1, -0.05) is 19.8 Å². The maximum Gasteiger partial charge on any atom is 0.320 e. The Balaban J connectivity index is 1.67. The van der Waals surface area contributed by atoms with Crippen molar-refractivity contribution < 1.29 is 14.6 Å². The van der Waals surface area contributed by atoms with Gasteiger partial charge in [-0.05, 0) is 50.4 Å². The van der Waals surface area contributed by atoms with E-state index in [1.165, 1.54) is 25.7 Å². The SMILES string of the molecule is CC[C@@H]1C[C@H](CN2[C@H](C(=O)O)C[C@@H]3CCCC[C@@H]32)CCO1. The van der Waals surface area contributed by atoms with Gasteiger partial charge < -0.3 is 9.84 Å². The van der Waals surface area contributed by atoms with Crippen molar-refractivity contribution in [2.45, 2.75) is 76.5 Å². The molecule has 120 valence electrons. The largest absolute Gasteiger partial charge is 0.480 e. The molecule has 0 spiro atoms. The average molecular weight is 295 g/mol. The third kappa shape index (κ3) is 3.26. The fourth-order valence-electron chi connectivity index (χ4n) is 4.77. The first-order valence-corrected chi connectivity index (χ1v) is 8.79. The number of carboxylic acid groups (broad SMARTS) is 1. The van der Waals surface area contributed by atoms with E-state index in [4.69, 9.17) is 4.74 Å². The van der Waals surface area contributed by atoms with E-state index in [-0.39, 0.29) is 6.04 Å². The van der Waals surface area contributed by atoms with Crippen LogP contribution in [0.3, 0.4) is 0 Å². The zero-order valence-electron chi connectivity index (χ0n) is 13.2. The molecule has 0 amide bonds.